The largest absolute Gasteiger partial charge is 0.0616 e. The predicted octanol–water partition coefficient (Wildman–Crippen LogP) is 10.9. The zero-order valence-corrected chi connectivity index (χ0v) is 22.1. The summed E-state index contributed by atoms with van der Waals surface area (Å²) in [5.74, 6) is 0. The van der Waals surface area contributed by atoms with Gasteiger partial charge in [0.2, 0.25) is 0 Å². The fourth-order valence-corrected chi connectivity index (χ4v) is 5.96. The van der Waals surface area contributed by atoms with Crippen LogP contribution in [0.5, 0.6) is 0 Å². The van der Waals surface area contributed by atoms with Crippen molar-refractivity contribution in [3.63, 3.8) is 0 Å². The van der Waals surface area contributed by atoms with Crippen LogP contribution in [-0.2, 0) is 5.41 Å². The maximum Gasteiger partial charge on any atom is -0.00260 e. The first-order valence-corrected chi connectivity index (χ1v) is 13.4. The lowest BCUT2D eigenvalue weighted by atomic mass is 9.81. The van der Waals surface area contributed by atoms with Crippen LogP contribution in [0.1, 0.15) is 26.3 Å². The predicted molar refractivity (Wildman–Crippen MR) is 166 cm³/mol. The van der Waals surface area contributed by atoms with Gasteiger partial charge in [-0.15, -0.1) is 0 Å². The molecule has 7 rings (SSSR count). The Bertz CT molecular complexity index is 2000. The number of hydrogen-bond donors (Lipinski definition) is 0. The molecule has 0 nitrogen and oxygen atoms in total. The Labute approximate surface area is 224 Å². The summed E-state index contributed by atoms with van der Waals surface area (Å²) in [6.45, 7) is 6.90. The van der Waals surface area contributed by atoms with Gasteiger partial charge in [0.05, 0.1) is 0 Å². The van der Waals surface area contributed by atoms with Crippen LogP contribution in [0.3, 0.4) is 0 Å². The molecule has 0 aliphatic heterocycles. The van der Waals surface area contributed by atoms with Crippen LogP contribution in [-0.4, -0.2) is 0 Å². The van der Waals surface area contributed by atoms with Gasteiger partial charge in [0.25, 0.3) is 0 Å². The first-order valence-electron chi connectivity index (χ1n) is 13.4. The summed E-state index contributed by atoms with van der Waals surface area (Å²) >= 11 is 0. The molecule has 0 fully saturated rings. The maximum atomic E-state index is 2.44. The van der Waals surface area contributed by atoms with Crippen molar-refractivity contribution >= 4 is 43.1 Å². The van der Waals surface area contributed by atoms with E-state index in [0.717, 1.165) is 0 Å². The van der Waals surface area contributed by atoms with Gasteiger partial charge in [-0.05, 0) is 94.5 Å². The van der Waals surface area contributed by atoms with E-state index in [1.54, 1.807) is 0 Å². The van der Waals surface area contributed by atoms with Crippen LogP contribution in [0.25, 0.3) is 65.3 Å². The first-order chi connectivity index (χ1) is 18.5. The summed E-state index contributed by atoms with van der Waals surface area (Å²) in [6.07, 6.45) is 0. The molecular formula is C38H30. The van der Waals surface area contributed by atoms with Gasteiger partial charge in [-0.2, -0.15) is 0 Å². The van der Waals surface area contributed by atoms with E-state index < -0.39 is 0 Å². The van der Waals surface area contributed by atoms with Crippen molar-refractivity contribution in [3.05, 3.63) is 133 Å². The van der Waals surface area contributed by atoms with E-state index in [4.69, 9.17) is 0 Å². The molecule has 0 radical (unpaired) electrons. The third kappa shape index (κ3) is 3.68. The standard InChI is InChI=1S/C38H30/c1-38(2,3)31-20-21-34-35(24-31)37(30-19-17-26-11-5-7-13-28(26)23-30)33-15-9-8-14-32(33)36(34)29-18-16-25-10-4-6-12-27(25)22-29/h4-24H,1-3H3. The van der Waals surface area contributed by atoms with Crippen LogP contribution >= 0.6 is 0 Å². The highest BCUT2D eigenvalue weighted by atomic mass is 14.2. The highest BCUT2D eigenvalue weighted by Crippen LogP contribution is 2.45. The molecule has 0 amide bonds. The van der Waals surface area contributed by atoms with Crippen molar-refractivity contribution < 1.29 is 0 Å². The molecule has 182 valence electrons. The Morgan fingerprint density at radius 2 is 0.816 bits per heavy atom. The number of fused-ring (bicyclic) bond motifs is 4. The van der Waals surface area contributed by atoms with Crippen molar-refractivity contribution in [2.75, 3.05) is 0 Å². The summed E-state index contributed by atoms with van der Waals surface area (Å²) < 4.78 is 0. The van der Waals surface area contributed by atoms with Crippen LogP contribution in [0.15, 0.2) is 127 Å². The summed E-state index contributed by atoms with van der Waals surface area (Å²) in [6, 6.07) is 47.2. The second kappa shape index (κ2) is 8.57. The SMILES string of the molecule is CC(C)(C)c1ccc2c(-c3ccc4ccccc4c3)c3ccccc3c(-c3ccc4ccccc4c3)c2c1. The topological polar surface area (TPSA) is 0 Å². The van der Waals surface area contributed by atoms with Gasteiger partial charge in [-0.1, -0.05) is 130 Å². The Kier molecular flexibility index (Phi) is 5.13. The van der Waals surface area contributed by atoms with Crippen molar-refractivity contribution in [2.24, 2.45) is 0 Å². The van der Waals surface area contributed by atoms with E-state index in [9.17, 15) is 0 Å². The van der Waals surface area contributed by atoms with Crippen LogP contribution < -0.4 is 0 Å². The minimum atomic E-state index is 0.0591. The molecule has 0 heteroatoms. The molecule has 0 bridgehead atoms. The average molecular weight is 487 g/mol. The molecule has 0 spiro atoms. The molecular weight excluding hydrogens is 456 g/mol. The fourth-order valence-electron chi connectivity index (χ4n) is 5.96. The Morgan fingerprint density at radius 3 is 1.34 bits per heavy atom. The summed E-state index contributed by atoms with van der Waals surface area (Å²) in [5, 5.41) is 10.3. The third-order valence-electron chi connectivity index (χ3n) is 7.97. The third-order valence-corrected chi connectivity index (χ3v) is 7.97. The lowest BCUT2D eigenvalue weighted by molar-refractivity contribution is 0.591. The highest BCUT2D eigenvalue weighted by Gasteiger charge is 2.20. The van der Waals surface area contributed by atoms with Crippen molar-refractivity contribution in [1.82, 2.24) is 0 Å². The van der Waals surface area contributed by atoms with Gasteiger partial charge in [0, 0.05) is 0 Å². The molecule has 0 heterocycles. The molecule has 7 aromatic carbocycles. The second-order valence-corrected chi connectivity index (χ2v) is 11.4. The van der Waals surface area contributed by atoms with E-state index in [1.165, 1.54) is 70.9 Å². The van der Waals surface area contributed by atoms with Crippen LogP contribution in [0, 0.1) is 0 Å². The monoisotopic (exact) mass is 486 g/mol. The molecule has 0 saturated carbocycles. The smallest absolute Gasteiger partial charge is 0.00260 e. The Hall–Kier alpha value is -4.42. The maximum absolute atomic E-state index is 2.44. The second-order valence-electron chi connectivity index (χ2n) is 11.4. The van der Waals surface area contributed by atoms with Gasteiger partial charge >= 0.3 is 0 Å². The van der Waals surface area contributed by atoms with Gasteiger partial charge < -0.3 is 0 Å². The summed E-state index contributed by atoms with van der Waals surface area (Å²) in [5.41, 5.74) is 6.57. The molecule has 0 unspecified atom stereocenters. The van der Waals surface area contributed by atoms with Gasteiger partial charge in [-0.25, -0.2) is 0 Å². The molecule has 7 aromatic rings. The number of hydrogen-bond acceptors (Lipinski definition) is 0. The van der Waals surface area contributed by atoms with E-state index in [-0.39, 0.29) is 5.41 Å². The van der Waals surface area contributed by atoms with E-state index in [1.807, 2.05) is 0 Å². The van der Waals surface area contributed by atoms with Gasteiger partial charge in [-0.3, -0.25) is 0 Å². The zero-order valence-electron chi connectivity index (χ0n) is 22.1. The van der Waals surface area contributed by atoms with Crippen LogP contribution in [0.4, 0.5) is 0 Å². The molecule has 0 aliphatic rings. The lowest BCUT2D eigenvalue weighted by Gasteiger charge is -2.23. The Morgan fingerprint density at radius 1 is 0.368 bits per heavy atom. The van der Waals surface area contributed by atoms with Crippen LogP contribution in [0.2, 0.25) is 0 Å². The quantitative estimate of drug-likeness (QED) is 0.213. The van der Waals surface area contributed by atoms with Crippen molar-refractivity contribution in [2.45, 2.75) is 26.2 Å². The van der Waals surface area contributed by atoms with Crippen molar-refractivity contribution in [3.8, 4) is 22.3 Å². The zero-order chi connectivity index (χ0) is 25.9. The lowest BCUT2D eigenvalue weighted by Crippen LogP contribution is -2.10. The number of rotatable bonds is 2. The Balaban J connectivity index is 1.64. The summed E-state index contributed by atoms with van der Waals surface area (Å²) in [7, 11) is 0. The fraction of sp³-hybridized carbons (Fsp3) is 0.105. The van der Waals surface area contributed by atoms with Gasteiger partial charge in [0.1, 0.15) is 0 Å². The number of benzene rings is 7. The molecule has 38 heavy (non-hydrogen) atoms. The molecule has 0 atom stereocenters. The van der Waals surface area contributed by atoms with Crippen molar-refractivity contribution in [1.29, 1.82) is 0 Å². The minimum Gasteiger partial charge on any atom is -0.0616 e. The molecule has 0 aromatic heterocycles. The molecule has 0 saturated heterocycles. The molecule has 0 aliphatic carbocycles. The van der Waals surface area contributed by atoms with E-state index in [0.29, 0.717) is 0 Å². The summed E-state index contributed by atoms with van der Waals surface area (Å²) in [4.78, 5) is 0. The minimum absolute atomic E-state index is 0.0591. The normalized spacial score (nSPS) is 12.1. The average Bonchev–Trinajstić information content (AvgIpc) is 2.94. The molecule has 0 N–H and O–H groups in total. The first kappa shape index (κ1) is 22.8. The highest BCUT2D eigenvalue weighted by molar-refractivity contribution is 6.22. The van der Waals surface area contributed by atoms with E-state index in [2.05, 4.69) is 148 Å². The van der Waals surface area contributed by atoms with E-state index >= 15 is 0 Å². The van der Waals surface area contributed by atoms with Gasteiger partial charge in [0.15, 0.2) is 0 Å².